The van der Waals surface area contributed by atoms with Gasteiger partial charge in [0.25, 0.3) is 5.91 Å². The van der Waals surface area contributed by atoms with Crippen LogP contribution in [-0.4, -0.2) is 47.6 Å². The minimum Gasteiger partial charge on any atom is -0.508 e. The maximum atomic E-state index is 12.7. The van der Waals surface area contributed by atoms with Gasteiger partial charge in [-0.1, -0.05) is 19.4 Å². The van der Waals surface area contributed by atoms with Crippen molar-refractivity contribution in [2.24, 2.45) is 0 Å². The molecule has 1 aliphatic heterocycles. The fourth-order valence-electron chi connectivity index (χ4n) is 4.48. The van der Waals surface area contributed by atoms with E-state index in [1.807, 2.05) is 61.2 Å². The lowest BCUT2D eigenvalue weighted by atomic mass is 9.97. The molecule has 1 amide bonds. The summed E-state index contributed by atoms with van der Waals surface area (Å²) in [6.45, 7) is 8.69. The molecule has 2 unspecified atom stereocenters. The Morgan fingerprint density at radius 3 is 2.40 bits per heavy atom. The van der Waals surface area contributed by atoms with E-state index in [-0.39, 0.29) is 17.7 Å². The maximum absolute atomic E-state index is 12.7. The summed E-state index contributed by atoms with van der Waals surface area (Å²) in [7, 11) is 0. The summed E-state index contributed by atoms with van der Waals surface area (Å²) in [5, 5.41) is 13.8. The summed E-state index contributed by atoms with van der Waals surface area (Å²) >= 11 is 0. The molecular weight excluding hydrogens is 374 g/mol. The number of nitrogens with zero attached hydrogens (tertiary/aromatic N) is 2. The number of aromatic hydroxyl groups is 1. The van der Waals surface area contributed by atoms with E-state index in [9.17, 15) is 9.90 Å². The Hall–Kier alpha value is -2.53. The second-order valence-electron chi connectivity index (χ2n) is 7.97. The van der Waals surface area contributed by atoms with Crippen molar-refractivity contribution >= 4 is 17.3 Å². The van der Waals surface area contributed by atoms with Crippen molar-refractivity contribution in [2.75, 3.05) is 24.5 Å². The number of rotatable bonds is 9. The molecule has 0 spiro atoms. The fourth-order valence-corrected chi connectivity index (χ4v) is 4.48. The molecule has 2 aromatic carbocycles. The minimum absolute atomic E-state index is 0.0676. The zero-order chi connectivity index (χ0) is 21.5. The summed E-state index contributed by atoms with van der Waals surface area (Å²) in [6.07, 6.45) is 4.47. The highest BCUT2D eigenvalue weighted by Crippen LogP contribution is 2.34. The van der Waals surface area contributed by atoms with E-state index in [2.05, 4.69) is 17.1 Å². The Labute approximate surface area is 180 Å². The number of phenolic OH excluding ortho intramolecular Hbond substituents is 1. The van der Waals surface area contributed by atoms with E-state index < -0.39 is 0 Å². The van der Waals surface area contributed by atoms with Gasteiger partial charge in [-0.2, -0.15) is 0 Å². The smallest absolute Gasteiger partial charge is 0.253 e. The molecule has 0 aliphatic carbocycles. The molecule has 1 saturated heterocycles. The topological polar surface area (TPSA) is 55.8 Å². The number of amides is 1. The van der Waals surface area contributed by atoms with Crippen LogP contribution in [0.1, 0.15) is 56.8 Å². The molecule has 1 aliphatic rings. The zero-order valence-electron chi connectivity index (χ0n) is 18.5. The molecule has 0 radical (unpaired) electrons. The maximum Gasteiger partial charge on any atom is 0.253 e. The van der Waals surface area contributed by atoms with Crippen molar-refractivity contribution in [3.8, 4) is 5.75 Å². The van der Waals surface area contributed by atoms with Crippen LogP contribution in [-0.2, 0) is 0 Å². The van der Waals surface area contributed by atoms with E-state index >= 15 is 0 Å². The molecular formula is C25H35N3O2. The van der Waals surface area contributed by atoms with E-state index in [0.717, 1.165) is 37.2 Å². The van der Waals surface area contributed by atoms with Gasteiger partial charge in [0.05, 0.1) is 0 Å². The first-order chi connectivity index (χ1) is 14.6. The largest absolute Gasteiger partial charge is 0.508 e. The van der Waals surface area contributed by atoms with Crippen molar-refractivity contribution in [2.45, 2.75) is 58.5 Å². The third kappa shape index (κ3) is 4.96. The predicted octanol–water partition coefficient (Wildman–Crippen LogP) is 4.93. The van der Waals surface area contributed by atoms with E-state index in [1.54, 1.807) is 6.07 Å². The Kier molecular flexibility index (Phi) is 7.75. The van der Waals surface area contributed by atoms with Crippen LogP contribution in [0, 0.1) is 0 Å². The third-order valence-corrected chi connectivity index (χ3v) is 6.03. The lowest BCUT2D eigenvalue weighted by molar-refractivity contribution is 0.0773. The number of carbonyl (C=O) groups excluding carboxylic acids is 1. The third-order valence-electron chi connectivity index (χ3n) is 6.03. The molecule has 0 bridgehead atoms. The lowest BCUT2D eigenvalue weighted by Gasteiger charge is -2.38. The SMILES string of the molecule is CCCC(C1CCCN1)N(c1ccc(C(=O)N(CC)CC)cc1)c1cccc(O)c1. The van der Waals surface area contributed by atoms with Gasteiger partial charge in [0, 0.05) is 48.2 Å². The van der Waals surface area contributed by atoms with Crippen molar-refractivity contribution in [1.82, 2.24) is 10.2 Å². The van der Waals surface area contributed by atoms with Gasteiger partial charge in [-0.3, -0.25) is 4.79 Å². The standard InChI is InChI=1S/C25H35N3O2/c1-4-9-24(23-12-8-17-26-23)28(21-10-7-11-22(29)18-21)20-15-13-19(14-16-20)25(30)27(5-2)6-3/h7,10-11,13-16,18,23-24,26,29H,4-6,8-9,12,17H2,1-3H3. The van der Waals surface area contributed by atoms with Crippen LogP contribution in [0.5, 0.6) is 5.75 Å². The molecule has 2 atom stereocenters. The number of hydrogen-bond donors (Lipinski definition) is 2. The number of anilines is 2. The lowest BCUT2D eigenvalue weighted by Crippen LogP contribution is -2.45. The first kappa shape index (κ1) is 22.2. The van der Waals surface area contributed by atoms with Crippen molar-refractivity contribution in [3.05, 3.63) is 54.1 Å². The molecule has 0 saturated carbocycles. The predicted molar refractivity (Wildman–Crippen MR) is 124 cm³/mol. The Morgan fingerprint density at radius 1 is 1.10 bits per heavy atom. The molecule has 0 aromatic heterocycles. The van der Waals surface area contributed by atoms with Crippen LogP contribution in [0.3, 0.4) is 0 Å². The molecule has 1 heterocycles. The normalized spacial score (nSPS) is 17.0. The average molecular weight is 410 g/mol. The Balaban J connectivity index is 1.98. The average Bonchev–Trinajstić information content (AvgIpc) is 3.29. The first-order valence-corrected chi connectivity index (χ1v) is 11.3. The second kappa shape index (κ2) is 10.5. The number of hydrogen-bond acceptors (Lipinski definition) is 4. The monoisotopic (exact) mass is 409 g/mol. The molecule has 30 heavy (non-hydrogen) atoms. The van der Waals surface area contributed by atoms with Crippen LogP contribution in [0.2, 0.25) is 0 Å². The van der Waals surface area contributed by atoms with Gasteiger partial charge in [-0.25, -0.2) is 0 Å². The first-order valence-electron chi connectivity index (χ1n) is 11.3. The summed E-state index contributed by atoms with van der Waals surface area (Å²) in [5.41, 5.74) is 2.73. The minimum atomic E-state index is 0.0676. The van der Waals surface area contributed by atoms with E-state index in [1.165, 1.54) is 6.42 Å². The number of phenols is 1. The quantitative estimate of drug-likeness (QED) is 0.616. The number of carbonyl (C=O) groups is 1. The molecule has 2 N–H and O–H groups in total. The molecule has 2 aromatic rings. The molecule has 5 heteroatoms. The molecule has 162 valence electrons. The van der Waals surface area contributed by atoms with Crippen LogP contribution in [0.15, 0.2) is 48.5 Å². The summed E-state index contributed by atoms with van der Waals surface area (Å²) in [5.74, 6) is 0.332. The van der Waals surface area contributed by atoms with Crippen molar-refractivity contribution in [1.29, 1.82) is 0 Å². The van der Waals surface area contributed by atoms with Gasteiger partial charge in [0.15, 0.2) is 0 Å². The van der Waals surface area contributed by atoms with Gasteiger partial charge in [-0.05, 0) is 76.1 Å². The zero-order valence-corrected chi connectivity index (χ0v) is 18.5. The van der Waals surface area contributed by atoms with Crippen molar-refractivity contribution in [3.63, 3.8) is 0 Å². The van der Waals surface area contributed by atoms with Gasteiger partial charge in [0.2, 0.25) is 0 Å². The van der Waals surface area contributed by atoms with E-state index in [4.69, 9.17) is 0 Å². The Bertz CT molecular complexity index is 811. The highest BCUT2D eigenvalue weighted by atomic mass is 16.3. The van der Waals surface area contributed by atoms with Crippen molar-refractivity contribution < 1.29 is 9.90 Å². The van der Waals surface area contributed by atoms with Gasteiger partial charge >= 0.3 is 0 Å². The van der Waals surface area contributed by atoms with Crippen LogP contribution >= 0.6 is 0 Å². The summed E-state index contributed by atoms with van der Waals surface area (Å²) in [4.78, 5) is 16.9. The van der Waals surface area contributed by atoms with Crippen LogP contribution in [0.4, 0.5) is 11.4 Å². The van der Waals surface area contributed by atoms with Gasteiger partial charge < -0.3 is 20.2 Å². The van der Waals surface area contributed by atoms with Crippen LogP contribution in [0.25, 0.3) is 0 Å². The van der Waals surface area contributed by atoms with Gasteiger partial charge in [-0.15, -0.1) is 0 Å². The summed E-state index contributed by atoms with van der Waals surface area (Å²) < 4.78 is 0. The highest BCUT2D eigenvalue weighted by molar-refractivity contribution is 5.94. The summed E-state index contributed by atoms with van der Waals surface area (Å²) in [6, 6.07) is 16.1. The fraction of sp³-hybridized carbons (Fsp3) is 0.480. The Morgan fingerprint density at radius 2 is 1.83 bits per heavy atom. The molecule has 3 rings (SSSR count). The highest BCUT2D eigenvalue weighted by Gasteiger charge is 2.30. The van der Waals surface area contributed by atoms with Crippen LogP contribution < -0.4 is 10.2 Å². The molecule has 1 fully saturated rings. The van der Waals surface area contributed by atoms with E-state index in [0.29, 0.717) is 24.7 Å². The number of benzene rings is 2. The number of nitrogens with one attached hydrogen (secondary N) is 1. The second-order valence-corrected chi connectivity index (χ2v) is 7.97. The molecule has 5 nitrogen and oxygen atoms in total. The van der Waals surface area contributed by atoms with Gasteiger partial charge in [0.1, 0.15) is 5.75 Å².